The zero-order chi connectivity index (χ0) is 14.5. The van der Waals surface area contributed by atoms with Gasteiger partial charge in [0.2, 0.25) is 5.91 Å². The second kappa shape index (κ2) is 6.99. The predicted molar refractivity (Wildman–Crippen MR) is 84.8 cm³/mol. The number of rotatable bonds is 5. The van der Waals surface area contributed by atoms with Crippen LogP contribution in [0.2, 0.25) is 0 Å². The number of furan rings is 1. The zero-order valence-electron chi connectivity index (χ0n) is 11.4. The lowest BCUT2D eigenvalue weighted by Crippen LogP contribution is -2.27. The molecule has 1 aromatic carbocycles. The Balaban J connectivity index is 1.87. The van der Waals surface area contributed by atoms with Crippen LogP contribution in [-0.4, -0.2) is 23.6 Å². The Morgan fingerprint density at radius 3 is 2.70 bits per heavy atom. The van der Waals surface area contributed by atoms with Crippen LogP contribution in [0.3, 0.4) is 0 Å². The highest BCUT2D eigenvalue weighted by Crippen LogP contribution is 2.27. The maximum atomic E-state index is 12.1. The third-order valence-corrected chi connectivity index (χ3v) is 4.81. The van der Waals surface area contributed by atoms with Gasteiger partial charge in [-0.3, -0.25) is 4.79 Å². The lowest BCUT2D eigenvalue weighted by molar-refractivity contribution is -0.127. The first-order valence-corrected chi connectivity index (χ1v) is 8.00. The van der Waals surface area contributed by atoms with Crippen LogP contribution < -0.4 is 0 Å². The van der Waals surface area contributed by atoms with Crippen molar-refractivity contribution in [2.24, 2.45) is 0 Å². The van der Waals surface area contributed by atoms with Crippen LogP contribution in [-0.2, 0) is 11.3 Å². The molecular formula is C15H16BrNO2S. The quantitative estimate of drug-likeness (QED) is 0.758. The van der Waals surface area contributed by atoms with E-state index in [4.69, 9.17) is 4.42 Å². The van der Waals surface area contributed by atoms with Crippen LogP contribution >= 0.6 is 27.7 Å². The Morgan fingerprint density at radius 2 is 2.05 bits per heavy atom. The molecule has 0 aliphatic carbocycles. The Kier molecular flexibility index (Phi) is 5.31. The highest BCUT2D eigenvalue weighted by Gasteiger charge is 2.12. The van der Waals surface area contributed by atoms with Crippen molar-refractivity contribution in [3.63, 3.8) is 0 Å². The number of benzene rings is 1. The number of thioether (sulfide) groups is 1. The Bertz CT molecular complexity index is 597. The summed E-state index contributed by atoms with van der Waals surface area (Å²) in [6.45, 7) is 2.40. The minimum atomic E-state index is 0.0832. The molecule has 0 bridgehead atoms. The minimum Gasteiger partial charge on any atom is -0.464 e. The van der Waals surface area contributed by atoms with Gasteiger partial charge in [-0.25, -0.2) is 0 Å². The van der Waals surface area contributed by atoms with E-state index in [1.165, 1.54) is 11.8 Å². The van der Waals surface area contributed by atoms with Crippen molar-refractivity contribution in [3.05, 3.63) is 52.4 Å². The average molecular weight is 354 g/mol. The summed E-state index contributed by atoms with van der Waals surface area (Å²) in [5.74, 6) is 2.17. The van der Waals surface area contributed by atoms with Crippen molar-refractivity contribution in [2.75, 3.05) is 12.8 Å². The number of nitrogens with zero attached hydrogens (tertiary/aromatic N) is 1. The summed E-state index contributed by atoms with van der Waals surface area (Å²) in [5, 5.41) is 0. The fourth-order valence-electron chi connectivity index (χ4n) is 1.70. The van der Waals surface area contributed by atoms with Gasteiger partial charge in [-0.1, -0.05) is 12.1 Å². The SMILES string of the molecule is Cc1ccc(CN(C)C(=O)CSc2ccccc2Br)o1. The maximum Gasteiger partial charge on any atom is 0.233 e. The number of amides is 1. The lowest BCUT2D eigenvalue weighted by atomic mass is 10.4. The number of hydrogen-bond donors (Lipinski definition) is 0. The molecule has 20 heavy (non-hydrogen) atoms. The smallest absolute Gasteiger partial charge is 0.233 e. The van der Waals surface area contributed by atoms with Crippen molar-refractivity contribution in [1.82, 2.24) is 4.90 Å². The molecule has 1 heterocycles. The summed E-state index contributed by atoms with van der Waals surface area (Å²) in [5.41, 5.74) is 0. The molecule has 3 nitrogen and oxygen atoms in total. The van der Waals surface area contributed by atoms with E-state index in [0.29, 0.717) is 12.3 Å². The standard InChI is InChI=1S/C15H16BrNO2S/c1-11-7-8-12(19-11)9-17(2)15(18)10-20-14-6-4-3-5-13(14)16/h3-8H,9-10H2,1-2H3. The van der Waals surface area contributed by atoms with E-state index in [2.05, 4.69) is 15.9 Å². The van der Waals surface area contributed by atoms with Crippen molar-refractivity contribution in [3.8, 4) is 0 Å². The van der Waals surface area contributed by atoms with Gasteiger partial charge in [0.05, 0.1) is 12.3 Å². The summed E-state index contributed by atoms with van der Waals surface area (Å²) < 4.78 is 6.49. The first kappa shape index (κ1) is 15.2. The first-order chi connectivity index (χ1) is 9.56. The van der Waals surface area contributed by atoms with Gasteiger partial charge in [0.1, 0.15) is 11.5 Å². The first-order valence-electron chi connectivity index (χ1n) is 6.23. The monoisotopic (exact) mass is 353 g/mol. The van der Waals surface area contributed by atoms with E-state index in [1.54, 1.807) is 11.9 Å². The van der Waals surface area contributed by atoms with E-state index < -0.39 is 0 Å². The van der Waals surface area contributed by atoms with Gasteiger partial charge in [0, 0.05) is 16.4 Å². The molecule has 1 aromatic heterocycles. The van der Waals surface area contributed by atoms with Crippen LogP contribution in [0.15, 0.2) is 50.2 Å². The molecule has 2 aromatic rings. The predicted octanol–water partition coefficient (Wildman–Crippen LogP) is 4.10. The van der Waals surface area contributed by atoms with Gasteiger partial charge >= 0.3 is 0 Å². The molecule has 2 rings (SSSR count). The van der Waals surface area contributed by atoms with Gasteiger partial charge in [-0.2, -0.15) is 0 Å². The summed E-state index contributed by atoms with van der Waals surface area (Å²) in [6.07, 6.45) is 0. The second-order valence-corrected chi connectivity index (χ2v) is 6.35. The van der Waals surface area contributed by atoms with Crippen molar-refractivity contribution >= 4 is 33.6 Å². The Morgan fingerprint density at radius 1 is 1.30 bits per heavy atom. The topological polar surface area (TPSA) is 33.5 Å². The fraction of sp³-hybridized carbons (Fsp3) is 0.267. The Hall–Kier alpha value is -1.20. The van der Waals surface area contributed by atoms with Gasteiger partial charge in [-0.05, 0) is 47.1 Å². The summed E-state index contributed by atoms with van der Waals surface area (Å²) in [7, 11) is 1.79. The van der Waals surface area contributed by atoms with Gasteiger partial charge in [-0.15, -0.1) is 11.8 Å². The summed E-state index contributed by atoms with van der Waals surface area (Å²) >= 11 is 5.01. The molecule has 106 valence electrons. The lowest BCUT2D eigenvalue weighted by Gasteiger charge is -2.15. The largest absolute Gasteiger partial charge is 0.464 e. The number of halogens is 1. The molecule has 0 saturated heterocycles. The highest BCUT2D eigenvalue weighted by atomic mass is 79.9. The van der Waals surface area contributed by atoms with E-state index in [-0.39, 0.29) is 5.91 Å². The van der Waals surface area contributed by atoms with Crippen molar-refractivity contribution in [2.45, 2.75) is 18.4 Å². The normalized spacial score (nSPS) is 10.6. The number of aryl methyl sites for hydroxylation is 1. The molecule has 0 aliphatic heterocycles. The van der Waals surface area contributed by atoms with Gasteiger partial charge in [0.25, 0.3) is 0 Å². The van der Waals surface area contributed by atoms with Crippen LogP contribution in [0.25, 0.3) is 0 Å². The molecule has 0 N–H and O–H groups in total. The van der Waals surface area contributed by atoms with Crippen LogP contribution in [0, 0.1) is 6.92 Å². The van der Waals surface area contributed by atoms with Crippen LogP contribution in [0.5, 0.6) is 0 Å². The molecular weight excluding hydrogens is 338 g/mol. The van der Waals surface area contributed by atoms with E-state index in [0.717, 1.165) is 20.9 Å². The molecule has 0 unspecified atom stereocenters. The van der Waals surface area contributed by atoms with Crippen LogP contribution in [0.1, 0.15) is 11.5 Å². The number of carbonyl (C=O) groups excluding carboxylic acids is 1. The molecule has 0 aliphatic rings. The number of hydrogen-bond acceptors (Lipinski definition) is 3. The van der Waals surface area contributed by atoms with E-state index >= 15 is 0 Å². The molecule has 0 fully saturated rings. The van der Waals surface area contributed by atoms with E-state index in [9.17, 15) is 4.79 Å². The maximum absolute atomic E-state index is 12.1. The second-order valence-electron chi connectivity index (χ2n) is 4.48. The third-order valence-electron chi connectivity index (χ3n) is 2.80. The molecule has 1 amide bonds. The fourth-order valence-corrected chi connectivity index (χ4v) is 3.21. The summed E-state index contributed by atoms with van der Waals surface area (Å²) in [6, 6.07) is 11.7. The minimum absolute atomic E-state index is 0.0832. The molecule has 0 spiro atoms. The number of carbonyl (C=O) groups is 1. The molecule has 0 saturated carbocycles. The highest BCUT2D eigenvalue weighted by molar-refractivity contribution is 9.10. The third kappa shape index (κ3) is 4.15. The van der Waals surface area contributed by atoms with Crippen molar-refractivity contribution in [1.29, 1.82) is 0 Å². The average Bonchev–Trinajstić information content (AvgIpc) is 2.82. The van der Waals surface area contributed by atoms with E-state index in [1.807, 2.05) is 43.3 Å². The zero-order valence-corrected chi connectivity index (χ0v) is 13.8. The van der Waals surface area contributed by atoms with Gasteiger partial charge in [0.15, 0.2) is 0 Å². The molecule has 0 radical (unpaired) electrons. The molecule has 0 atom stereocenters. The van der Waals surface area contributed by atoms with Crippen LogP contribution in [0.4, 0.5) is 0 Å². The van der Waals surface area contributed by atoms with Crippen molar-refractivity contribution < 1.29 is 9.21 Å². The summed E-state index contributed by atoms with van der Waals surface area (Å²) in [4.78, 5) is 14.8. The molecule has 5 heteroatoms. The Labute approximate surface area is 131 Å². The van der Waals surface area contributed by atoms with Gasteiger partial charge < -0.3 is 9.32 Å².